The summed E-state index contributed by atoms with van der Waals surface area (Å²) in [6, 6.07) is 17.5. The van der Waals surface area contributed by atoms with Crippen LogP contribution in [0, 0.1) is 0 Å². The molecule has 3 aromatic rings. The number of rotatable bonds is 6. The highest BCUT2D eigenvalue weighted by Gasteiger charge is 2.11. The first-order chi connectivity index (χ1) is 13.6. The zero-order valence-corrected chi connectivity index (χ0v) is 15.9. The Bertz CT molecular complexity index is 1080. The number of hydrogen-bond acceptors (Lipinski definition) is 4. The number of hydrazone groups is 1. The number of nitrogens with zero attached hydrogens (tertiary/aromatic N) is 2. The van der Waals surface area contributed by atoms with E-state index in [1.165, 1.54) is 16.8 Å². The van der Waals surface area contributed by atoms with Crippen molar-refractivity contribution in [3.8, 4) is 5.75 Å². The van der Waals surface area contributed by atoms with Crippen molar-refractivity contribution in [2.75, 3.05) is 7.11 Å². The zero-order valence-electron chi connectivity index (χ0n) is 15.1. The van der Waals surface area contributed by atoms with Crippen LogP contribution in [0.4, 0.5) is 0 Å². The highest BCUT2D eigenvalue weighted by Crippen LogP contribution is 2.12. The van der Waals surface area contributed by atoms with E-state index in [2.05, 4.69) is 10.5 Å². The Morgan fingerprint density at radius 2 is 2.00 bits per heavy atom. The minimum Gasteiger partial charge on any atom is -0.497 e. The first-order valence-corrected chi connectivity index (χ1v) is 8.86. The summed E-state index contributed by atoms with van der Waals surface area (Å²) in [5, 5.41) is 4.50. The topological polar surface area (TPSA) is 72.7 Å². The third-order valence-corrected chi connectivity index (χ3v) is 4.22. The fourth-order valence-electron chi connectivity index (χ4n) is 2.61. The quantitative estimate of drug-likeness (QED) is 0.514. The third-order valence-electron chi connectivity index (χ3n) is 3.98. The van der Waals surface area contributed by atoms with Gasteiger partial charge in [-0.15, -0.1) is 0 Å². The van der Waals surface area contributed by atoms with Gasteiger partial charge in [0.15, 0.2) is 0 Å². The van der Waals surface area contributed by atoms with Gasteiger partial charge in [0.1, 0.15) is 11.3 Å². The maximum Gasteiger partial charge on any atom is 0.276 e. The number of methoxy groups -OCH3 is 1. The van der Waals surface area contributed by atoms with Gasteiger partial charge < -0.3 is 9.30 Å². The minimum absolute atomic E-state index is 0.00678. The molecule has 1 heterocycles. The van der Waals surface area contributed by atoms with Crippen molar-refractivity contribution in [2.45, 2.75) is 6.54 Å². The Labute approximate surface area is 167 Å². The van der Waals surface area contributed by atoms with Gasteiger partial charge in [-0.25, -0.2) is 5.43 Å². The SMILES string of the molecule is COc1cccc(/C=N\NC(=O)c2cccn(Cc3cccc(Cl)c3)c2=O)c1. The molecule has 0 bridgehead atoms. The van der Waals surface area contributed by atoms with Gasteiger partial charge >= 0.3 is 0 Å². The molecule has 1 N–H and O–H groups in total. The van der Waals surface area contributed by atoms with Crippen molar-refractivity contribution >= 4 is 23.7 Å². The van der Waals surface area contributed by atoms with Crippen molar-refractivity contribution < 1.29 is 9.53 Å². The van der Waals surface area contributed by atoms with Gasteiger partial charge in [0.05, 0.1) is 19.9 Å². The van der Waals surface area contributed by atoms with E-state index in [1.807, 2.05) is 30.3 Å². The number of ether oxygens (including phenoxy) is 1. The molecule has 0 saturated carbocycles. The summed E-state index contributed by atoms with van der Waals surface area (Å²) in [5.41, 5.74) is 3.60. The standard InChI is InChI=1S/C21H18ClN3O3/c1-28-18-8-3-5-15(12-18)13-23-24-20(26)19-9-4-10-25(21(19)27)14-16-6-2-7-17(22)11-16/h2-13H,14H2,1H3,(H,24,26)/b23-13-. The number of benzene rings is 2. The molecule has 0 unspecified atom stereocenters. The molecular formula is C21H18ClN3O3. The van der Waals surface area contributed by atoms with Crippen molar-refractivity contribution in [3.63, 3.8) is 0 Å². The van der Waals surface area contributed by atoms with Gasteiger partial charge in [0, 0.05) is 11.2 Å². The van der Waals surface area contributed by atoms with Gasteiger partial charge in [-0.3, -0.25) is 9.59 Å². The molecule has 142 valence electrons. The molecule has 7 heteroatoms. The summed E-state index contributed by atoms with van der Waals surface area (Å²) < 4.78 is 6.59. The zero-order chi connectivity index (χ0) is 19.9. The maximum atomic E-state index is 12.6. The summed E-state index contributed by atoms with van der Waals surface area (Å²) in [6.45, 7) is 0.313. The Hall–Kier alpha value is -3.38. The lowest BCUT2D eigenvalue weighted by Crippen LogP contribution is -2.30. The molecule has 1 amide bonds. The van der Waals surface area contributed by atoms with E-state index in [0.717, 1.165) is 11.1 Å². The first-order valence-electron chi connectivity index (χ1n) is 8.48. The highest BCUT2D eigenvalue weighted by atomic mass is 35.5. The van der Waals surface area contributed by atoms with E-state index >= 15 is 0 Å². The molecule has 0 aliphatic rings. The van der Waals surface area contributed by atoms with Crippen LogP contribution in [0.3, 0.4) is 0 Å². The number of carbonyl (C=O) groups excluding carboxylic acids is 1. The summed E-state index contributed by atoms with van der Waals surface area (Å²) in [6.07, 6.45) is 3.10. The predicted molar refractivity (Wildman–Crippen MR) is 109 cm³/mol. The van der Waals surface area contributed by atoms with E-state index in [-0.39, 0.29) is 5.56 Å². The Kier molecular flexibility index (Phi) is 6.24. The largest absolute Gasteiger partial charge is 0.497 e. The van der Waals surface area contributed by atoms with Crippen LogP contribution in [0.5, 0.6) is 5.75 Å². The second-order valence-electron chi connectivity index (χ2n) is 5.96. The Balaban J connectivity index is 1.73. The Morgan fingerprint density at radius 3 is 2.79 bits per heavy atom. The number of carbonyl (C=O) groups is 1. The number of aromatic nitrogens is 1. The van der Waals surface area contributed by atoms with Crippen molar-refractivity contribution in [2.24, 2.45) is 5.10 Å². The van der Waals surface area contributed by atoms with Crippen LogP contribution in [0.1, 0.15) is 21.5 Å². The minimum atomic E-state index is -0.579. The average Bonchev–Trinajstić information content (AvgIpc) is 2.70. The highest BCUT2D eigenvalue weighted by molar-refractivity contribution is 6.30. The molecule has 0 aliphatic heterocycles. The van der Waals surface area contributed by atoms with Crippen molar-refractivity contribution in [1.29, 1.82) is 0 Å². The lowest BCUT2D eigenvalue weighted by molar-refractivity contribution is 0.0953. The van der Waals surface area contributed by atoms with E-state index in [0.29, 0.717) is 17.3 Å². The van der Waals surface area contributed by atoms with Gasteiger partial charge in [0.25, 0.3) is 11.5 Å². The molecule has 0 fully saturated rings. The van der Waals surface area contributed by atoms with E-state index in [1.54, 1.807) is 37.6 Å². The molecule has 3 rings (SSSR count). The van der Waals surface area contributed by atoms with Crippen molar-refractivity contribution in [3.05, 3.63) is 98.9 Å². The number of halogens is 1. The Morgan fingerprint density at radius 1 is 1.18 bits per heavy atom. The molecule has 0 aliphatic carbocycles. The summed E-state index contributed by atoms with van der Waals surface area (Å²) in [5.74, 6) is 0.104. The lowest BCUT2D eigenvalue weighted by atomic mass is 10.2. The second kappa shape index (κ2) is 9.01. The predicted octanol–water partition coefficient (Wildman–Crippen LogP) is 3.32. The molecule has 0 atom stereocenters. The van der Waals surface area contributed by atoms with Crippen LogP contribution < -0.4 is 15.7 Å². The van der Waals surface area contributed by atoms with Crippen LogP contribution in [-0.2, 0) is 6.54 Å². The third kappa shape index (κ3) is 4.86. The summed E-state index contributed by atoms with van der Waals surface area (Å²) in [4.78, 5) is 25.0. The molecular weight excluding hydrogens is 378 g/mol. The van der Waals surface area contributed by atoms with E-state index < -0.39 is 11.5 Å². The summed E-state index contributed by atoms with van der Waals surface area (Å²) in [7, 11) is 1.57. The summed E-state index contributed by atoms with van der Waals surface area (Å²) >= 11 is 5.98. The van der Waals surface area contributed by atoms with Gasteiger partial charge in [-0.1, -0.05) is 35.9 Å². The smallest absolute Gasteiger partial charge is 0.276 e. The number of pyridine rings is 1. The van der Waals surface area contributed by atoms with Gasteiger partial charge in [0.2, 0.25) is 0 Å². The molecule has 1 aromatic heterocycles. The molecule has 28 heavy (non-hydrogen) atoms. The second-order valence-corrected chi connectivity index (χ2v) is 6.40. The lowest BCUT2D eigenvalue weighted by Gasteiger charge is -2.08. The maximum absolute atomic E-state index is 12.6. The average molecular weight is 396 g/mol. The van der Waals surface area contributed by atoms with Crippen LogP contribution in [-0.4, -0.2) is 23.8 Å². The normalized spacial score (nSPS) is 10.8. The molecule has 0 saturated heterocycles. The number of amides is 1. The first kappa shape index (κ1) is 19.4. The van der Waals surface area contributed by atoms with E-state index in [4.69, 9.17) is 16.3 Å². The van der Waals surface area contributed by atoms with E-state index in [9.17, 15) is 9.59 Å². The number of nitrogens with one attached hydrogen (secondary N) is 1. The van der Waals surface area contributed by atoms with Gasteiger partial charge in [-0.05, 0) is 47.5 Å². The van der Waals surface area contributed by atoms with Crippen LogP contribution >= 0.6 is 11.6 Å². The van der Waals surface area contributed by atoms with Crippen LogP contribution in [0.25, 0.3) is 0 Å². The monoisotopic (exact) mass is 395 g/mol. The molecule has 0 radical (unpaired) electrons. The molecule has 0 spiro atoms. The number of hydrogen-bond donors (Lipinski definition) is 1. The van der Waals surface area contributed by atoms with Gasteiger partial charge in [-0.2, -0.15) is 5.10 Å². The fraction of sp³-hybridized carbons (Fsp3) is 0.0952. The molecule has 2 aromatic carbocycles. The van der Waals surface area contributed by atoms with Crippen LogP contribution in [0.2, 0.25) is 5.02 Å². The van der Waals surface area contributed by atoms with Crippen molar-refractivity contribution in [1.82, 2.24) is 9.99 Å². The van der Waals surface area contributed by atoms with Crippen LogP contribution in [0.15, 0.2) is 76.8 Å². The molecule has 6 nitrogen and oxygen atoms in total. The fourth-order valence-corrected chi connectivity index (χ4v) is 2.83.